The zero-order valence-electron chi connectivity index (χ0n) is 13.6. The van der Waals surface area contributed by atoms with Gasteiger partial charge in [0.05, 0.1) is 6.10 Å². The van der Waals surface area contributed by atoms with Gasteiger partial charge < -0.3 is 20.3 Å². The summed E-state index contributed by atoms with van der Waals surface area (Å²) in [5, 5.41) is 8.61. The van der Waals surface area contributed by atoms with E-state index in [-0.39, 0.29) is 25.6 Å². The molecule has 3 atom stereocenters. The summed E-state index contributed by atoms with van der Waals surface area (Å²) in [5.41, 5.74) is 7.02. The first kappa shape index (κ1) is 20.9. The summed E-state index contributed by atoms with van der Waals surface area (Å²) >= 11 is 0. The number of benzene rings is 1. The summed E-state index contributed by atoms with van der Waals surface area (Å²) in [4.78, 5) is 10.5. The predicted molar refractivity (Wildman–Crippen MR) is 91.2 cm³/mol. The molecule has 22 heavy (non-hydrogen) atoms. The van der Waals surface area contributed by atoms with Crippen molar-refractivity contribution in [2.45, 2.75) is 58.2 Å². The van der Waals surface area contributed by atoms with E-state index in [2.05, 4.69) is 19.1 Å². The smallest absolute Gasteiger partial charge is 0.335 e. The van der Waals surface area contributed by atoms with E-state index >= 15 is 0 Å². The lowest BCUT2D eigenvalue weighted by atomic mass is 10.1. The minimum Gasteiger partial charge on any atom is -0.479 e. The maximum Gasteiger partial charge on any atom is 0.335 e. The lowest BCUT2D eigenvalue weighted by Gasteiger charge is -2.15. The first-order chi connectivity index (χ1) is 9.76. The van der Waals surface area contributed by atoms with Crippen LogP contribution in [0.15, 0.2) is 30.3 Å². The van der Waals surface area contributed by atoms with Crippen molar-refractivity contribution in [3.63, 3.8) is 0 Å². The SMILES string of the molecule is CC1OC(C)(C)OC1C(=O)O.CC[C@H](N)c1ccccc1.S. The predicted octanol–water partition coefficient (Wildman–Crippen LogP) is 2.82. The summed E-state index contributed by atoms with van der Waals surface area (Å²) in [5.74, 6) is -1.73. The molecule has 0 radical (unpaired) electrons. The first-order valence-corrected chi connectivity index (χ1v) is 7.15. The van der Waals surface area contributed by atoms with Crippen molar-refractivity contribution in [1.29, 1.82) is 0 Å². The van der Waals surface area contributed by atoms with Crippen molar-refractivity contribution in [1.82, 2.24) is 0 Å². The van der Waals surface area contributed by atoms with E-state index in [9.17, 15) is 4.79 Å². The molecule has 0 aliphatic carbocycles. The highest BCUT2D eigenvalue weighted by Crippen LogP contribution is 2.27. The van der Waals surface area contributed by atoms with Crippen molar-refractivity contribution in [2.24, 2.45) is 5.73 Å². The molecule has 1 aliphatic heterocycles. The summed E-state index contributed by atoms with van der Waals surface area (Å²) in [6.07, 6.45) is -0.197. The van der Waals surface area contributed by atoms with E-state index < -0.39 is 17.9 Å². The van der Waals surface area contributed by atoms with E-state index in [0.717, 1.165) is 6.42 Å². The minimum absolute atomic E-state index is 0. The molecule has 2 rings (SSSR count). The molecule has 0 bridgehead atoms. The van der Waals surface area contributed by atoms with Gasteiger partial charge in [-0.3, -0.25) is 0 Å². The van der Waals surface area contributed by atoms with Crippen LogP contribution in [0.3, 0.4) is 0 Å². The number of carboxylic acid groups (broad SMARTS) is 1. The molecule has 1 saturated heterocycles. The van der Waals surface area contributed by atoms with Crippen LogP contribution in [0.2, 0.25) is 0 Å². The average molecular weight is 329 g/mol. The fourth-order valence-electron chi connectivity index (χ4n) is 2.13. The van der Waals surface area contributed by atoms with Crippen molar-refractivity contribution in [3.8, 4) is 0 Å². The summed E-state index contributed by atoms with van der Waals surface area (Å²) in [6.45, 7) is 7.18. The Balaban J connectivity index is 0.000000385. The van der Waals surface area contributed by atoms with Gasteiger partial charge in [0.25, 0.3) is 0 Å². The van der Waals surface area contributed by atoms with E-state index in [4.69, 9.17) is 20.3 Å². The van der Waals surface area contributed by atoms with E-state index in [1.54, 1.807) is 20.8 Å². The quantitative estimate of drug-likeness (QED) is 0.891. The molecular weight excluding hydrogens is 302 g/mol. The standard InChI is InChI=1S/C9H13N.C7H12O4.H2S/c1-2-9(10)8-6-4-3-5-7-8;1-4-5(6(8)9)11-7(2,3)10-4;/h3-7,9H,2,10H2,1H3;4-5H,1-3H3,(H,8,9);1H2/t9-;;/m0../s1. The monoisotopic (exact) mass is 329 g/mol. The van der Waals surface area contributed by atoms with Crippen LogP contribution in [-0.4, -0.2) is 29.1 Å². The normalized spacial score (nSPS) is 23.7. The van der Waals surface area contributed by atoms with Crippen LogP contribution in [0.4, 0.5) is 0 Å². The van der Waals surface area contributed by atoms with Gasteiger partial charge >= 0.3 is 5.97 Å². The zero-order chi connectivity index (χ0) is 16.0. The van der Waals surface area contributed by atoms with E-state index in [1.165, 1.54) is 5.56 Å². The van der Waals surface area contributed by atoms with Gasteiger partial charge in [0.1, 0.15) is 0 Å². The number of ether oxygens (including phenoxy) is 2. The fourth-order valence-corrected chi connectivity index (χ4v) is 2.13. The Morgan fingerprint density at radius 2 is 1.86 bits per heavy atom. The molecule has 5 nitrogen and oxygen atoms in total. The number of nitrogens with two attached hydrogens (primary N) is 1. The molecule has 3 N–H and O–H groups in total. The highest BCUT2D eigenvalue weighted by Gasteiger charge is 2.42. The number of carbonyl (C=O) groups is 1. The first-order valence-electron chi connectivity index (χ1n) is 7.15. The molecule has 0 spiro atoms. The Morgan fingerprint density at radius 3 is 2.18 bits per heavy atom. The van der Waals surface area contributed by atoms with Crippen LogP contribution in [-0.2, 0) is 14.3 Å². The van der Waals surface area contributed by atoms with Gasteiger partial charge in [-0.2, -0.15) is 13.5 Å². The van der Waals surface area contributed by atoms with Crippen LogP contribution in [0.1, 0.15) is 45.7 Å². The summed E-state index contributed by atoms with van der Waals surface area (Å²) in [7, 11) is 0. The molecular formula is C16H27NO4S. The Labute approximate surface area is 139 Å². The van der Waals surface area contributed by atoms with Crippen molar-refractivity contribution in [3.05, 3.63) is 35.9 Å². The maximum atomic E-state index is 10.5. The Bertz CT molecular complexity index is 453. The second-order valence-corrected chi connectivity index (χ2v) is 5.52. The average Bonchev–Trinajstić information content (AvgIpc) is 2.73. The van der Waals surface area contributed by atoms with Gasteiger partial charge in [-0.15, -0.1) is 0 Å². The molecule has 0 saturated carbocycles. The molecule has 6 heteroatoms. The molecule has 1 aromatic carbocycles. The van der Waals surface area contributed by atoms with E-state index in [1.807, 2.05) is 18.2 Å². The molecule has 1 heterocycles. The Morgan fingerprint density at radius 1 is 1.32 bits per heavy atom. The van der Waals surface area contributed by atoms with Gasteiger partial charge in [0, 0.05) is 6.04 Å². The van der Waals surface area contributed by atoms with Crippen LogP contribution in [0.25, 0.3) is 0 Å². The Kier molecular flexibility index (Phi) is 8.70. The third-order valence-electron chi connectivity index (χ3n) is 3.22. The third-order valence-corrected chi connectivity index (χ3v) is 3.22. The molecule has 1 aliphatic rings. The van der Waals surface area contributed by atoms with Crippen LogP contribution < -0.4 is 5.73 Å². The highest BCUT2D eigenvalue weighted by atomic mass is 32.1. The van der Waals surface area contributed by atoms with E-state index in [0.29, 0.717) is 0 Å². The van der Waals surface area contributed by atoms with Crippen molar-refractivity contribution in [2.75, 3.05) is 0 Å². The summed E-state index contributed by atoms with van der Waals surface area (Å²) < 4.78 is 10.3. The van der Waals surface area contributed by atoms with Gasteiger partial charge in [0.15, 0.2) is 11.9 Å². The molecule has 0 aromatic heterocycles. The lowest BCUT2D eigenvalue weighted by Crippen LogP contribution is -2.29. The molecule has 126 valence electrons. The highest BCUT2D eigenvalue weighted by molar-refractivity contribution is 7.59. The lowest BCUT2D eigenvalue weighted by molar-refractivity contribution is -0.165. The molecule has 0 amide bonds. The second kappa shape index (κ2) is 9.15. The third kappa shape index (κ3) is 6.36. The van der Waals surface area contributed by atoms with Gasteiger partial charge in [-0.1, -0.05) is 37.3 Å². The van der Waals surface area contributed by atoms with Gasteiger partial charge in [-0.05, 0) is 32.8 Å². The van der Waals surface area contributed by atoms with Crippen LogP contribution in [0.5, 0.6) is 0 Å². The van der Waals surface area contributed by atoms with Crippen LogP contribution in [0, 0.1) is 0 Å². The molecule has 1 fully saturated rings. The van der Waals surface area contributed by atoms with Gasteiger partial charge in [-0.25, -0.2) is 4.79 Å². The number of carboxylic acids is 1. The van der Waals surface area contributed by atoms with Gasteiger partial charge in [0.2, 0.25) is 0 Å². The molecule has 2 unspecified atom stereocenters. The Hall–Kier alpha value is -1.08. The zero-order valence-corrected chi connectivity index (χ0v) is 14.6. The maximum absolute atomic E-state index is 10.5. The number of rotatable bonds is 3. The topological polar surface area (TPSA) is 81.8 Å². The van der Waals surface area contributed by atoms with Crippen molar-refractivity contribution < 1.29 is 19.4 Å². The molecule has 1 aromatic rings. The number of hydrogen-bond acceptors (Lipinski definition) is 4. The summed E-state index contributed by atoms with van der Waals surface area (Å²) in [6, 6.07) is 10.4. The second-order valence-electron chi connectivity index (χ2n) is 5.52. The van der Waals surface area contributed by atoms with Crippen LogP contribution >= 0.6 is 13.5 Å². The fraction of sp³-hybridized carbons (Fsp3) is 0.562. The van der Waals surface area contributed by atoms with Crippen molar-refractivity contribution >= 4 is 19.5 Å². The largest absolute Gasteiger partial charge is 0.479 e. The number of hydrogen-bond donors (Lipinski definition) is 2. The number of aliphatic carboxylic acids is 1. The minimum atomic E-state index is -0.969.